The second-order valence-electron chi connectivity index (χ2n) is 6.20. The Morgan fingerprint density at radius 1 is 1.04 bits per heavy atom. The molecule has 2 aromatic rings. The molecule has 0 unspecified atom stereocenters. The van der Waals surface area contributed by atoms with Gasteiger partial charge in [-0.05, 0) is 32.0 Å². The Balaban J connectivity index is 1.76. The molecule has 1 saturated heterocycles. The average Bonchev–Trinajstić information content (AvgIpc) is 2.97. The topological polar surface area (TPSA) is 57.7 Å². The third kappa shape index (κ3) is 3.61. The predicted molar refractivity (Wildman–Crippen MR) is 94.8 cm³/mol. The molecular weight excluding hydrogens is 401 g/mol. The van der Waals surface area contributed by atoms with E-state index in [1.54, 1.807) is 6.07 Å². The summed E-state index contributed by atoms with van der Waals surface area (Å²) in [5, 5.41) is 0. The van der Waals surface area contributed by atoms with E-state index in [1.165, 1.54) is 16.2 Å². The van der Waals surface area contributed by atoms with E-state index < -0.39 is 32.4 Å². The molecule has 0 spiro atoms. The van der Waals surface area contributed by atoms with Gasteiger partial charge in [0.1, 0.15) is 4.90 Å². The van der Waals surface area contributed by atoms with Crippen LogP contribution in [0.25, 0.3) is 0 Å². The third-order valence-corrected chi connectivity index (χ3v) is 7.30. The molecule has 0 atom stereocenters. The summed E-state index contributed by atoms with van der Waals surface area (Å²) in [5.74, 6) is -5.21. The minimum atomic E-state index is -4.33. The fourth-order valence-electron chi connectivity index (χ4n) is 2.99. The van der Waals surface area contributed by atoms with Crippen molar-refractivity contribution in [2.24, 2.45) is 0 Å². The third-order valence-electron chi connectivity index (χ3n) is 4.41. The SMILES string of the molecule is Cc1cc(C(=O)N2CCN(S(=O)(=O)c3ccc(F)c(F)c3F)CC2)c(C)s1. The summed E-state index contributed by atoms with van der Waals surface area (Å²) in [6, 6.07) is 3.08. The molecule has 1 fully saturated rings. The van der Waals surface area contributed by atoms with Crippen molar-refractivity contribution >= 4 is 27.3 Å². The van der Waals surface area contributed by atoms with Gasteiger partial charge in [-0.2, -0.15) is 4.31 Å². The first kappa shape index (κ1) is 19.8. The van der Waals surface area contributed by atoms with Crippen LogP contribution in [0, 0.1) is 31.3 Å². The molecule has 1 aliphatic rings. The van der Waals surface area contributed by atoms with Crippen LogP contribution in [0.4, 0.5) is 13.2 Å². The molecule has 0 bridgehead atoms. The van der Waals surface area contributed by atoms with Gasteiger partial charge < -0.3 is 4.90 Å². The van der Waals surface area contributed by atoms with Crippen molar-refractivity contribution in [1.82, 2.24) is 9.21 Å². The van der Waals surface area contributed by atoms with Crippen LogP contribution in [0.15, 0.2) is 23.1 Å². The van der Waals surface area contributed by atoms with Gasteiger partial charge in [-0.3, -0.25) is 4.79 Å². The summed E-state index contributed by atoms with van der Waals surface area (Å²) in [6.07, 6.45) is 0. The average molecular weight is 418 g/mol. The maximum Gasteiger partial charge on any atom is 0.255 e. The molecule has 0 radical (unpaired) electrons. The van der Waals surface area contributed by atoms with Crippen LogP contribution >= 0.6 is 11.3 Å². The number of rotatable bonds is 3. The van der Waals surface area contributed by atoms with Crippen LogP contribution in [0.1, 0.15) is 20.1 Å². The number of thiophene rings is 1. The molecule has 0 saturated carbocycles. The van der Waals surface area contributed by atoms with E-state index in [-0.39, 0.29) is 32.1 Å². The quantitative estimate of drug-likeness (QED) is 0.721. The van der Waals surface area contributed by atoms with Gasteiger partial charge in [0.2, 0.25) is 10.0 Å². The lowest BCUT2D eigenvalue weighted by molar-refractivity contribution is 0.0697. The molecule has 27 heavy (non-hydrogen) atoms. The molecule has 0 N–H and O–H groups in total. The zero-order valence-corrected chi connectivity index (χ0v) is 16.3. The van der Waals surface area contributed by atoms with Crippen molar-refractivity contribution < 1.29 is 26.4 Å². The Kier molecular flexibility index (Phi) is 5.33. The lowest BCUT2D eigenvalue weighted by Gasteiger charge is -2.34. The smallest absolute Gasteiger partial charge is 0.255 e. The van der Waals surface area contributed by atoms with Crippen LogP contribution < -0.4 is 0 Å². The first-order valence-corrected chi connectivity index (χ1v) is 10.4. The van der Waals surface area contributed by atoms with Crippen LogP contribution in [-0.4, -0.2) is 49.7 Å². The van der Waals surface area contributed by atoms with Gasteiger partial charge in [0, 0.05) is 35.9 Å². The number of sulfonamides is 1. The largest absolute Gasteiger partial charge is 0.336 e. The van der Waals surface area contributed by atoms with Gasteiger partial charge in [-0.15, -0.1) is 11.3 Å². The summed E-state index contributed by atoms with van der Waals surface area (Å²) in [4.78, 5) is 15.1. The second-order valence-corrected chi connectivity index (χ2v) is 9.56. The fourth-order valence-corrected chi connectivity index (χ4v) is 5.39. The first-order valence-electron chi connectivity index (χ1n) is 8.13. The van der Waals surface area contributed by atoms with E-state index >= 15 is 0 Å². The number of benzene rings is 1. The number of carbonyl (C=O) groups excluding carboxylic acids is 1. The summed E-state index contributed by atoms with van der Waals surface area (Å²) in [6.45, 7) is 3.87. The van der Waals surface area contributed by atoms with Crippen LogP contribution in [0.5, 0.6) is 0 Å². The molecule has 10 heteroatoms. The molecular formula is C17H17F3N2O3S2. The minimum absolute atomic E-state index is 0.0608. The molecule has 1 aromatic heterocycles. The number of piperazine rings is 1. The van der Waals surface area contributed by atoms with Crippen molar-refractivity contribution in [3.05, 3.63) is 51.0 Å². The van der Waals surface area contributed by atoms with E-state index in [0.717, 1.165) is 14.1 Å². The highest BCUT2D eigenvalue weighted by atomic mass is 32.2. The standard InChI is InChI=1S/C17H17F3N2O3S2/c1-10-9-12(11(2)26-10)17(23)21-5-7-22(8-6-21)27(24,25)14-4-3-13(18)15(19)16(14)20/h3-4,9H,5-8H2,1-2H3. The molecule has 5 nitrogen and oxygen atoms in total. The van der Waals surface area contributed by atoms with Crippen LogP contribution in [0.2, 0.25) is 0 Å². The maximum atomic E-state index is 13.9. The molecule has 0 aliphatic carbocycles. The highest BCUT2D eigenvalue weighted by Crippen LogP contribution is 2.26. The zero-order valence-electron chi connectivity index (χ0n) is 14.6. The van der Waals surface area contributed by atoms with E-state index in [9.17, 15) is 26.4 Å². The van der Waals surface area contributed by atoms with E-state index in [0.29, 0.717) is 17.7 Å². The van der Waals surface area contributed by atoms with Gasteiger partial charge in [0.25, 0.3) is 5.91 Å². The maximum absolute atomic E-state index is 13.9. The van der Waals surface area contributed by atoms with Gasteiger partial charge in [-0.25, -0.2) is 21.6 Å². The predicted octanol–water partition coefficient (Wildman–Crippen LogP) is 2.93. The van der Waals surface area contributed by atoms with Gasteiger partial charge in [0.05, 0.1) is 5.56 Å². The second kappa shape index (κ2) is 7.25. The highest BCUT2D eigenvalue weighted by molar-refractivity contribution is 7.89. The van der Waals surface area contributed by atoms with Gasteiger partial charge >= 0.3 is 0 Å². The molecule has 1 aromatic carbocycles. The molecule has 1 amide bonds. The fraction of sp³-hybridized carbons (Fsp3) is 0.353. The van der Waals surface area contributed by atoms with Crippen LogP contribution in [-0.2, 0) is 10.0 Å². The lowest BCUT2D eigenvalue weighted by atomic mass is 10.2. The van der Waals surface area contributed by atoms with E-state index in [4.69, 9.17) is 0 Å². The Morgan fingerprint density at radius 2 is 1.67 bits per heavy atom. The normalized spacial score (nSPS) is 16.0. The van der Waals surface area contributed by atoms with Crippen LogP contribution in [0.3, 0.4) is 0 Å². The summed E-state index contributed by atoms with van der Waals surface area (Å²) in [7, 11) is -4.33. The van der Waals surface area contributed by atoms with E-state index in [2.05, 4.69) is 0 Å². The van der Waals surface area contributed by atoms with Crippen molar-refractivity contribution in [2.75, 3.05) is 26.2 Å². The zero-order chi connectivity index (χ0) is 19.9. The van der Waals surface area contributed by atoms with Crippen molar-refractivity contribution in [2.45, 2.75) is 18.7 Å². The molecule has 3 rings (SSSR count). The minimum Gasteiger partial charge on any atom is -0.336 e. The Hall–Kier alpha value is -1.91. The Bertz CT molecular complexity index is 997. The van der Waals surface area contributed by atoms with E-state index in [1.807, 2.05) is 13.8 Å². The number of hydrogen-bond acceptors (Lipinski definition) is 4. The Morgan fingerprint density at radius 3 is 2.22 bits per heavy atom. The number of halogens is 3. The highest BCUT2D eigenvalue weighted by Gasteiger charge is 2.34. The molecule has 146 valence electrons. The number of amides is 1. The number of nitrogens with zero attached hydrogens (tertiary/aromatic N) is 2. The number of aryl methyl sites for hydroxylation is 2. The van der Waals surface area contributed by atoms with Gasteiger partial charge in [-0.1, -0.05) is 0 Å². The van der Waals surface area contributed by atoms with Crippen molar-refractivity contribution in [1.29, 1.82) is 0 Å². The summed E-state index contributed by atoms with van der Waals surface area (Å²) in [5.41, 5.74) is 0.584. The summed E-state index contributed by atoms with van der Waals surface area (Å²) >= 11 is 1.51. The van der Waals surface area contributed by atoms with Crippen molar-refractivity contribution in [3.63, 3.8) is 0 Å². The Labute approximate surface area is 159 Å². The van der Waals surface area contributed by atoms with Crippen molar-refractivity contribution in [3.8, 4) is 0 Å². The lowest BCUT2D eigenvalue weighted by Crippen LogP contribution is -2.50. The molecule has 1 aliphatic heterocycles. The first-order chi connectivity index (χ1) is 12.6. The number of hydrogen-bond donors (Lipinski definition) is 0. The molecule has 2 heterocycles. The van der Waals surface area contributed by atoms with Gasteiger partial charge in [0.15, 0.2) is 17.5 Å². The number of carbonyl (C=O) groups is 1. The monoisotopic (exact) mass is 418 g/mol. The summed E-state index contributed by atoms with van der Waals surface area (Å²) < 4.78 is 66.5.